The van der Waals surface area contributed by atoms with Gasteiger partial charge in [0.05, 0.1) is 0 Å². The maximum absolute atomic E-state index is 10.4. The highest BCUT2D eigenvalue weighted by molar-refractivity contribution is 6.15. The molecule has 0 aliphatic carbocycles. The molecule has 1 heterocycles. The van der Waals surface area contributed by atoms with Crippen LogP contribution in [0.15, 0.2) is 0 Å². The molecule has 1 fully saturated rings. The van der Waals surface area contributed by atoms with Crippen LogP contribution in [0.3, 0.4) is 0 Å². The molecule has 0 spiro atoms. The first-order chi connectivity index (χ1) is 4.61. The second kappa shape index (κ2) is 2.18. The predicted octanol–water partition coefficient (Wildman–Crippen LogP) is -1.61. The molecule has 1 rings (SSSR count). The number of carbonyl (C=O) groups excluding carboxylic acids is 3. The van der Waals surface area contributed by atoms with Crippen LogP contribution in [0.4, 0.5) is 0 Å². The van der Waals surface area contributed by atoms with Crippen LogP contribution in [-0.4, -0.2) is 28.9 Å². The van der Waals surface area contributed by atoms with Crippen molar-refractivity contribution < 1.29 is 24.2 Å². The Morgan fingerprint density at radius 1 is 1.40 bits per heavy atom. The summed E-state index contributed by atoms with van der Waals surface area (Å²) in [6, 6.07) is 0. The third-order valence-corrected chi connectivity index (χ3v) is 1.06. The van der Waals surface area contributed by atoms with E-state index < -0.39 is 30.2 Å². The number of ketones is 1. The molecule has 1 N–H and O–H groups in total. The molecule has 0 bridgehead atoms. The lowest BCUT2D eigenvalue weighted by Gasteiger charge is -2.12. The number of aliphatic hydroxyl groups excluding tert-OH is 1. The number of carbonyl (C=O) groups is 3. The quantitative estimate of drug-likeness (QED) is 0.326. The van der Waals surface area contributed by atoms with Gasteiger partial charge in [0.1, 0.15) is 6.42 Å². The summed E-state index contributed by atoms with van der Waals surface area (Å²) in [5.41, 5.74) is 0. The van der Waals surface area contributed by atoms with Gasteiger partial charge >= 0.3 is 11.9 Å². The van der Waals surface area contributed by atoms with E-state index in [1.165, 1.54) is 0 Å². The summed E-state index contributed by atoms with van der Waals surface area (Å²) in [5.74, 6) is -2.89. The maximum atomic E-state index is 10.4. The smallest absolute Gasteiger partial charge is 0.350 e. The molecule has 1 saturated heterocycles. The van der Waals surface area contributed by atoms with Gasteiger partial charge in [0.25, 0.3) is 0 Å². The minimum Gasteiger partial charge on any atom is -0.391 e. The molecule has 1 unspecified atom stereocenters. The van der Waals surface area contributed by atoms with Gasteiger partial charge in [-0.1, -0.05) is 0 Å². The molecule has 5 nitrogen and oxygen atoms in total. The highest BCUT2D eigenvalue weighted by Gasteiger charge is 2.34. The molecular formula is C5H4O5. The van der Waals surface area contributed by atoms with Crippen LogP contribution in [0.2, 0.25) is 0 Å². The Labute approximate surface area is 55.6 Å². The van der Waals surface area contributed by atoms with Gasteiger partial charge in [0.2, 0.25) is 6.10 Å². The standard InChI is InChI=1S/C5H4O5/c6-2-1-3(7)10-5(9)4(2)8/h4,8H,1H2. The van der Waals surface area contributed by atoms with Crippen molar-refractivity contribution in [1.29, 1.82) is 0 Å². The summed E-state index contributed by atoms with van der Waals surface area (Å²) in [7, 11) is 0. The third kappa shape index (κ3) is 1.03. The van der Waals surface area contributed by atoms with E-state index >= 15 is 0 Å². The lowest BCUT2D eigenvalue weighted by molar-refractivity contribution is -0.173. The van der Waals surface area contributed by atoms with Gasteiger partial charge in [-0.25, -0.2) is 4.79 Å². The predicted molar refractivity (Wildman–Crippen MR) is 26.7 cm³/mol. The number of esters is 2. The maximum Gasteiger partial charge on any atom is 0.350 e. The van der Waals surface area contributed by atoms with Gasteiger partial charge in [-0.3, -0.25) is 9.59 Å². The number of cyclic esters (lactones) is 2. The number of ether oxygens (including phenoxy) is 1. The second-order valence-corrected chi connectivity index (χ2v) is 1.84. The van der Waals surface area contributed by atoms with Crippen LogP contribution in [0.25, 0.3) is 0 Å². The summed E-state index contributed by atoms with van der Waals surface area (Å²) in [4.78, 5) is 31.0. The highest BCUT2D eigenvalue weighted by atomic mass is 16.6. The first-order valence-corrected chi connectivity index (χ1v) is 2.56. The van der Waals surface area contributed by atoms with Crippen molar-refractivity contribution in [1.82, 2.24) is 0 Å². The third-order valence-electron chi connectivity index (χ3n) is 1.06. The highest BCUT2D eigenvalue weighted by Crippen LogP contribution is 2.04. The van der Waals surface area contributed by atoms with Crippen LogP contribution in [-0.2, 0) is 19.1 Å². The van der Waals surface area contributed by atoms with E-state index in [0.29, 0.717) is 0 Å². The number of rotatable bonds is 0. The van der Waals surface area contributed by atoms with Gasteiger partial charge in [-0.05, 0) is 0 Å². The van der Waals surface area contributed by atoms with Gasteiger partial charge < -0.3 is 9.84 Å². The van der Waals surface area contributed by atoms with Crippen LogP contribution in [0.1, 0.15) is 6.42 Å². The molecular weight excluding hydrogens is 140 g/mol. The molecule has 1 aliphatic rings. The largest absolute Gasteiger partial charge is 0.391 e. The molecule has 10 heavy (non-hydrogen) atoms. The lowest BCUT2D eigenvalue weighted by Crippen LogP contribution is -2.39. The van der Waals surface area contributed by atoms with E-state index in [9.17, 15) is 14.4 Å². The molecule has 1 atom stereocenters. The Kier molecular flexibility index (Phi) is 1.50. The van der Waals surface area contributed by atoms with Gasteiger partial charge in [-0.2, -0.15) is 0 Å². The average molecular weight is 144 g/mol. The Balaban J connectivity index is 2.76. The SMILES string of the molecule is O=C1CC(=O)C(O)C(=O)O1. The average Bonchev–Trinajstić information content (AvgIpc) is 1.82. The number of Topliss-reactive ketones (excluding diaryl/α,β-unsaturated/α-hetero) is 1. The summed E-state index contributed by atoms with van der Waals surface area (Å²) in [6.07, 6.45) is -2.29. The lowest BCUT2D eigenvalue weighted by atomic mass is 10.1. The summed E-state index contributed by atoms with van der Waals surface area (Å²) in [5, 5.41) is 8.59. The molecule has 0 radical (unpaired) electrons. The summed E-state index contributed by atoms with van der Waals surface area (Å²) >= 11 is 0. The zero-order chi connectivity index (χ0) is 7.72. The van der Waals surface area contributed by atoms with Crippen molar-refractivity contribution in [3.8, 4) is 0 Å². The second-order valence-electron chi connectivity index (χ2n) is 1.84. The number of aliphatic hydroxyl groups is 1. The molecule has 54 valence electrons. The number of hydrogen-bond acceptors (Lipinski definition) is 5. The first-order valence-electron chi connectivity index (χ1n) is 2.56. The summed E-state index contributed by atoms with van der Waals surface area (Å²) < 4.78 is 3.92. The summed E-state index contributed by atoms with van der Waals surface area (Å²) in [6.45, 7) is 0. The van der Waals surface area contributed by atoms with Crippen molar-refractivity contribution in [2.45, 2.75) is 12.5 Å². The van der Waals surface area contributed by atoms with E-state index in [0.717, 1.165) is 0 Å². The topological polar surface area (TPSA) is 80.7 Å². The Hall–Kier alpha value is -1.23. The first kappa shape index (κ1) is 6.88. The van der Waals surface area contributed by atoms with Crippen molar-refractivity contribution in [2.75, 3.05) is 0 Å². The monoisotopic (exact) mass is 144 g/mol. The van der Waals surface area contributed by atoms with E-state index in [1.807, 2.05) is 0 Å². The van der Waals surface area contributed by atoms with E-state index in [2.05, 4.69) is 4.74 Å². The van der Waals surface area contributed by atoms with E-state index in [-0.39, 0.29) is 0 Å². The van der Waals surface area contributed by atoms with Gasteiger partial charge in [-0.15, -0.1) is 0 Å². The Morgan fingerprint density at radius 2 is 2.00 bits per heavy atom. The van der Waals surface area contributed by atoms with Crippen LogP contribution >= 0.6 is 0 Å². The van der Waals surface area contributed by atoms with Crippen molar-refractivity contribution in [3.05, 3.63) is 0 Å². The molecule has 0 amide bonds. The van der Waals surface area contributed by atoms with Crippen LogP contribution in [0, 0.1) is 0 Å². The molecule has 0 aromatic heterocycles. The van der Waals surface area contributed by atoms with Crippen LogP contribution < -0.4 is 0 Å². The fourth-order valence-corrected chi connectivity index (χ4v) is 0.574. The fourth-order valence-electron chi connectivity index (χ4n) is 0.574. The molecule has 0 aromatic rings. The molecule has 5 heteroatoms. The minimum absolute atomic E-state index is 0.521. The molecule has 0 saturated carbocycles. The Morgan fingerprint density at radius 3 is 2.50 bits per heavy atom. The molecule has 0 aromatic carbocycles. The minimum atomic E-state index is -1.77. The zero-order valence-electron chi connectivity index (χ0n) is 4.86. The van der Waals surface area contributed by atoms with Crippen LogP contribution in [0.5, 0.6) is 0 Å². The van der Waals surface area contributed by atoms with Crippen molar-refractivity contribution in [3.63, 3.8) is 0 Å². The van der Waals surface area contributed by atoms with Gasteiger partial charge in [0.15, 0.2) is 5.78 Å². The van der Waals surface area contributed by atoms with E-state index in [1.54, 1.807) is 0 Å². The molecule has 1 aliphatic heterocycles. The number of hydrogen-bond donors (Lipinski definition) is 1. The normalized spacial score (nSPS) is 26.5. The Bertz CT molecular complexity index is 186. The zero-order valence-corrected chi connectivity index (χ0v) is 4.86. The fraction of sp³-hybridized carbons (Fsp3) is 0.400. The van der Waals surface area contributed by atoms with E-state index in [4.69, 9.17) is 5.11 Å². The van der Waals surface area contributed by atoms with Crippen molar-refractivity contribution >= 4 is 17.7 Å². The van der Waals surface area contributed by atoms with Crippen molar-refractivity contribution in [2.24, 2.45) is 0 Å². The van der Waals surface area contributed by atoms with Gasteiger partial charge in [0, 0.05) is 0 Å².